The Labute approximate surface area is 62.2 Å². The van der Waals surface area contributed by atoms with E-state index in [9.17, 15) is 5.11 Å². The van der Waals surface area contributed by atoms with E-state index >= 15 is 0 Å². The molecular formula is C7H5NOS. The number of nitrogens with zero attached hydrogens (tertiary/aromatic N) is 1. The molecule has 0 bridgehead atoms. The van der Waals surface area contributed by atoms with Gasteiger partial charge in [-0.2, -0.15) is 0 Å². The van der Waals surface area contributed by atoms with Crippen molar-refractivity contribution in [3.05, 3.63) is 28.6 Å². The van der Waals surface area contributed by atoms with Crippen molar-refractivity contribution >= 4 is 17.0 Å². The lowest BCUT2D eigenvalue weighted by atomic mass is 10.2. The first kappa shape index (κ1) is 5.68. The molecule has 0 saturated heterocycles. The standard InChI is InChI=1S/C7H5NOS/c9-6-2-4-10-7(6)5-1-3-8-5/h1-4,9H. The average molecular weight is 151 g/mol. The Balaban J connectivity index is 2.42. The summed E-state index contributed by atoms with van der Waals surface area (Å²) >= 11 is 1.50. The molecule has 0 aliphatic carbocycles. The fourth-order valence-corrected chi connectivity index (χ4v) is 1.54. The van der Waals surface area contributed by atoms with Gasteiger partial charge in [-0.15, -0.1) is 11.3 Å². The lowest BCUT2D eigenvalue weighted by Crippen LogP contribution is -1.98. The molecule has 1 aliphatic heterocycles. The van der Waals surface area contributed by atoms with Crippen LogP contribution >= 0.6 is 11.3 Å². The SMILES string of the molecule is Oc1ccsc1C1=NC=C1. The second-order valence-electron chi connectivity index (χ2n) is 1.97. The van der Waals surface area contributed by atoms with Gasteiger partial charge in [-0.1, -0.05) is 0 Å². The predicted octanol–water partition coefficient (Wildman–Crippen LogP) is 1.77. The highest BCUT2D eigenvalue weighted by Gasteiger charge is 2.09. The maximum atomic E-state index is 9.18. The molecule has 1 N–H and O–H groups in total. The number of allylic oxidation sites excluding steroid dienone is 1. The third kappa shape index (κ3) is 0.675. The van der Waals surface area contributed by atoms with Gasteiger partial charge in [-0.05, 0) is 17.5 Å². The topological polar surface area (TPSA) is 32.6 Å². The van der Waals surface area contributed by atoms with Crippen LogP contribution in [0, 0.1) is 0 Å². The second kappa shape index (κ2) is 1.95. The van der Waals surface area contributed by atoms with Crippen LogP contribution in [0.4, 0.5) is 0 Å². The fraction of sp³-hybridized carbons (Fsp3) is 0. The largest absolute Gasteiger partial charge is 0.506 e. The highest BCUT2D eigenvalue weighted by molar-refractivity contribution is 7.12. The molecule has 0 fully saturated rings. The molecule has 0 saturated carbocycles. The number of thiophene rings is 1. The van der Waals surface area contributed by atoms with Gasteiger partial charge in [0.15, 0.2) is 0 Å². The van der Waals surface area contributed by atoms with Gasteiger partial charge in [0.05, 0.1) is 10.6 Å². The van der Waals surface area contributed by atoms with Crippen LogP contribution in [0.5, 0.6) is 5.75 Å². The van der Waals surface area contributed by atoms with Gasteiger partial charge in [-0.3, -0.25) is 4.99 Å². The van der Waals surface area contributed by atoms with Crippen molar-refractivity contribution in [2.24, 2.45) is 4.99 Å². The summed E-state index contributed by atoms with van der Waals surface area (Å²) in [7, 11) is 0. The van der Waals surface area contributed by atoms with Crippen molar-refractivity contribution in [2.45, 2.75) is 0 Å². The molecule has 0 radical (unpaired) electrons. The van der Waals surface area contributed by atoms with E-state index in [1.165, 1.54) is 11.3 Å². The first-order chi connectivity index (χ1) is 4.88. The fourth-order valence-electron chi connectivity index (χ4n) is 0.778. The number of rotatable bonds is 1. The van der Waals surface area contributed by atoms with Crippen LogP contribution in [0.15, 0.2) is 28.7 Å². The Kier molecular flexibility index (Phi) is 1.11. The van der Waals surface area contributed by atoms with Gasteiger partial charge in [0.2, 0.25) is 0 Å². The van der Waals surface area contributed by atoms with Gasteiger partial charge >= 0.3 is 0 Å². The summed E-state index contributed by atoms with van der Waals surface area (Å²) in [5.41, 5.74) is 0.882. The van der Waals surface area contributed by atoms with Crippen molar-refractivity contribution in [3.63, 3.8) is 0 Å². The van der Waals surface area contributed by atoms with Crippen LogP contribution in [0.1, 0.15) is 4.88 Å². The minimum Gasteiger partial charge on any atom is -0.506 e. The summed E-state index contributed by atoms with van der Waals surface area (Å²) < 4.78 is 0. The zero-order valence-electron chi connectivity index (χ0n) is 5.11. The van der Waals surface area contributed by atoms with E-state index in [-0.39, 0.29) is 0 Å². The molecule has 2 heterocycles. The third-order valence-electron chi connectivity index (χ3n) is 1.32. The maximum Gasteiger partial charge on any atom is 0.135 e. The monoisotopic (exact) mass is 151 g/mol. The predicted molar refractivity (Wildman–Crippen MR) is 41.7 cm³/mol. The Morgan fingerprint density at radius 3 is 2.70 bits per heavy atom. The van der Waals surface area contributed by atoms with E-state index in [1.54, 1.807) is 12.3 Å². The highest BCUT2D eigenvalue weighted by atomic mass is 32.1. The van der Waals surface area contributed by atoms with Gasteiger partial charge in [0.25, 0.3) is 0 Å². The van der Waals surface area contributed by atoms with Crippen LogP contribution in [0.25, 0.3) is 0 Å². The highest BCUT2D eigenvalue weighted by Crippen LogP contribution is 2.26. The van der Waals surface area contributed by atoms with E-state index in [0.717, 1.165) is 10.6 Å². The molecule has 2 nitrogen and oxygen atoms in total. The molecule has 1 aromatic rings. The summed E-state index contributed by atoms with van der Waals surface area (Å²) in [5.74, 6) is 0.327. The lowest BCUT2D eigenvalue weighted by molar-refractivity contribution is 0.477. The molecular weight excluding hydrogens is 146 g/mol. The summed E-state index contributed by atoms with van der Waals surface area (Å²) in [6, 6.07) is 1.68. The van der Waals surface area contributed by atoms with Gasteiger partial charge in [0.1, 0.15) is 5.75 Å². The molecule has 1 aliphatic rings. The van der Waals surface area contributed by atoms with Crippen molar-refractivity contribution in [3.8, 4) is 5.75 Å². The van der Waals surface area contributed by atoms with Crippen LogP contribution in [0.2, 0.25) is 0 Å². The number of hydrogen-bond acceptors (Lipinski definition) is 3. The Morgan fingerprint density at radius 1 is 1.50 bits per heavy atom. The van der Waals surface area contributed by atoms with Crippen molar-refractivity contribution < 1.29 is 5.11 Å². The molecule has 0 unspecified atom stereocenters. The van der Waals surface area contributed by atoms with Gasteiger partial charge in [0, 0.05) is 6.20 Å². The van der Waals surface area contributed by atoms with Crippen molar-refractivity contribution in [1.82, 2.24) is 0 Å². The van der Waals surface area contributed by atoms with E-state index in [4.69, 9.17) is 0 Å². The summed E-state index contributed by atoms with van der Waals surface area (Å²) in [5, 5.41) is 11.0. The minimum atomic E-state index is 0.327. The zero-order chi connectivity index (χ0) is 6.97. The number of hydrogen-bond donors (Lipinski definition) is 1. The quantitative estimate of drug-likeness (QED) is 0.651. The normalized spacial score (nSPS) is 14.6. The third-order valence-corrected chi connectivity index (χ3v) is 2.25. The molecule has 10 heavy (non-hydrogen) atoms. The van der Waals surface area contributed by atoms with E-state index in [0.29, 0.717) is 5.75 Å². The van der Waals surface area contributed by atoms with E-state index < -0.39 is 0 Å². The summed E-state index contributed by atoms with van der Waals surface area (Å²) in [6.07, 6.45) is 3.60. The van der Waals surface area contributed by atoms with Crippen LogP contribution < -0.4 is 0 Å². The van der Waals surface area contributed by atoms with Crippen LogP contribution in [0.3, 0.4) is 0 Å². The van der Waals surface area contributed by atoms with E-state index in [2.05, 4.69) is 4.99 Å². The number of aromatic hydroxyl groups is 1. The zero-order valence-corrected chi connectivity index (χ0v) is 5.93. The van der Waals surface area contributed by atoms with Crippen LogP contribution in [-0.2, 0) is 0 Å². The molecule has 0 spiro atoms. The van der Waals surface area contributed by atoms with Crippen molar-refractivity contribution in [1.29, 1.82) is 0 Å². The van der Waals surface area contributed by atoms with Gasteiger partial charge in [-0.25, -0.2) is 0 Å². The molecule has 2 rings (SSSR count). The number of aliphatic imine (C=N–C) groups is 1. The second-order valence-corrected chi connectivity index (χ2v) is 2.88. The smallest absolute Gasteiger partial charge is 0.135 e. The first-order valence-corrected chi connectivity index (χ1v) is 3.77. The molecule has 0 amide bonds. The summed E-state index contributed by atoms with van der Waals surface area (Å²) in [6.45, 7) is 0. The maximum absolute atomic E-state index is 9.18. The molecule has 3 heteroatoms. The molecule has 50 valence electrons. The Morgan fingerprint density at radius 2 is 2.30 bits per heavy atom. The van der Waals surface area contributed by atoms with E-state index in [1.807, 2.05) is 11.5 Å². The Bertz CT molecular complexity index is 311. The lowest BCUT2D eigenvalue weighted by Gasteiger charge is -2.02. The van der Waals surface area contributed by atoms with Crippen molar-refractivity contribution in [2.75, 3.05) is 0 Å². The average Bonchev–Trinajstić information content (AvgIpc) is 2.12. The summed E-state index contributed by atoms with van der Waals surface area (Å²) in [4.78, 5) is 4.82. The van der Waals surface area contributed by atoms with Crippen LogP contribution in [-0.4, -0.2) is 10.8 Å². The minimum absolute atomic E-state index is 0.327. The molecule has 1 aromatic heterocycles. The molecule has 0 atom stereocenters. The first-order valence-electron chi connectivity index (χ1n) is 2.89. The Hall–Kier alpha value is -1.09. The van der Waals surface area contributed by atoms with Gasteiger partial charge < -0.3 is 5.11 Å². The molecule has 0 aromatic carbocycles.